The van der Waals surface area contributed by atoms with Gasteiger partial charge in [-0.1, -0.05) is 18.2 Å². The number of para-hydroxylation sites is 1. The van der Waals surface area contributed by atoms with Gasteiger partial charge < -0.3 is 19.7 Å². The lowest BCUT2D eigenvalue weighted by Crippen LogP contribution is -2.47. The van der Waals surface area contributed by atoms with Crippen LogP contribution in [0.4, 0.5) is 5.69 Å². The lowest BCUT2D eigenvalue weighted by Gasteiger charge is -2.34. The quantitative estimate of drug-likeness (QED) is 0.138. The number of aliphatic imine (C=N–C) groups is 1. The molecule has 0 amide bonds. The first-order chi connectivity index (χ1) is 13.2. The van der Waals surface area contributed by atoms with Crippen LogP contribution in [0.1, 0.15) is 31.7 Å². The Morgan fingerprint density at radius 1 is 1.32 bits per heavy atom. The van der Waals surface area contributed by atoms with E-state index in [4.69, 9.17) is 9.47 Å². The molecule has 28 heavy (non-hydrogen) atoms. The van der Waals surface area contributed by atoms with Crippen molar-refractivity contribution in [2.24, 2.45) is 4.99 Å². The van der Waals surface area contributed by atoms with Crippen LogP contribution in [-0.2, 0) is 16.0 Å². The lowest BCUT2D eigenvalue weighted by atomic mass is 10.1. The highest BCUT2D eigenvalue weighted by Gasteiger charge is 2.22. The molecule has 1 aromatic rings. The van der Waals surface area contributed by atoms with Crippen molar-refractivity contribution < 1.29 is 14.4 Å². The van der Waals surface area contributed by atoms with Gasteiger partial charge in [0, 0.05) is 46.0 Å². The zero-order chi connectivity index (χ0) is 19.5. The molecule has 0 aromatic heterocycles. The van der Waals surface area contributed by atoms with Crippen LogP contribution in [0.2, 0.25) is 0 Å². The number of nitro groups is 1. The first kappa shape index (κ1) is 24.6. The van der Waals surface area contributed by atoms with Crippen molar-refractivity contribution in [1.29, 1.82) is 0 Å². The maximum atomic E-state index is 11.2. The SMILES string of the molecule is CCNC(=NCc1ccccc1[N+](=O)[O-])N1CCC(OCCCOC)CC1.I. The van der Waals surface area contributed by atoms with Gasteiger partial charge in [-0.3, -0.25) is 10.1 Å². The van der Waals surface area contributed by atoms with Gasteiger partial charge in [0.05, 0.1) is 23.1 Å². The number of likely N-dealkylation sites (tertiary alicyclic amines) is 1. The molecule has 1 fully saturated rings. The van der Waals surface area contributed by atoms with Gasteiger partial charge in [0.2, 0.25) is 0 Å². The Morgan fingerprint density at radius 3 is 2.68 bits per heavy atom. The molecule has 2 rings (SSSR count). The molecular formula is C19H31IN4O4. The van der Waals surface area contributed by atoms with Gasteiger partial charge in [0.1, 0.15) is 0 Å². The highest BCUT2D eigenvalue weighted by molar-refractivity contribution is 14.0. The molecule has 0 saturated carbocycles. The molecule has 1 aromatic carbocycles. The smallest absolute Gasteiger partial charge is 0.274 e. The van der Waals surface area contributed by atoms with E-state index in [1.54, 1.807) is 25.3 Å². The fourth-order valence-electron chi connectivity index (χ4n) is 3.10. The van der Waals surface area contributed by atoms with E-state index in [1.807, 2.05) is 6.92 Å². The Hall–Kier alpha value is -1.46. The van der Waals surface area contributed by atoms with E-state index in [1.165, 1.54) is 6.07 Å². The number of rotatable bonds is 9. The van der Waals surface area contributed by atoms with Crippen LogP contribution in [0.25, 0.3) is 0 Å². The van der Waals surface area contributed by atoms with Gasteiger partial charge in [-0.2, -0.15) is 0 Å². The summed E-state index contributed by atoms with van der Waals surface area (Å²) >= 11 is 0. The van der Waals surface area contributed by atoms with Crippen LogP contribution in [0, 0.1) is 10.1 Å². The van der Waals surface area contributed by atoms with Crippen molar-refractivity contribution in [3.63, 3.8) is 0 Å². The van der Waals surface area contributed by atoms with E-state index in [2.05, 4.69) is 15.2 Å². The standard InChI is InChI=1S/C19H30N4O4.HI/c1-3-20-19(21-15-16-7-4-5-8-18(16)23(24)25)22-11-9-17(10-12-22)27-14-6-13-26-2;/h4-5,7-8,17H,3,6,9-15H2,1-2H3,(H,20,21);1H. The van der Waals surface area contributed by atoms with Crippen LogP contribution in [-0.4, -0.2) is 61.8 Å². The summed E-state index contributed by atoms with van der Waals surface area (Å²) in [5, 5.41) is 14.5. The average molecular weight is 506 g/mol. The summed E-state index contributed by atoms with van der Waals surface area (Å²) in [7, 11) is 1.70. The number of piperidine rings is 1. The van der Waals surface area contributed by atoms with Gasteiger partial charge in [-0.15, -0.1) is 24.0 Å². The third kappa shape index (κ3) is 7.88. The van der Waals surface area contributed by atoms with Crippen molar-refractivity contribution in [3.05, 3.63) is 39.9 Å². The number of methoxy groups -OCH3 is 1. The van der Waals surface area contributed by atoms with Crippen molar-refractivity contribution >= 4 is 35.6 Å². The molecule has 9 heteroatoms. The number of guanidine groups is 1. The Balaban J connectivity index is 0.00000392. The number of halogens is 1. The number of nitro benzene ring substituents is 1. The molecule has 0 bridgehead atoms. The van der Waals surface area contributed by atoms with Crippen LogP contribution < -0.4 is 5.32 Å². The van der Waals surface area contributed by atoms with Crippen LogP contribution in [0.3, 0.4) is 0 Å². The third-order valence-electron chi connectivity index (χ3n) is 4.51. The summed E-state index contributed by atoms with van der Waals surface area (Å²) in [6.45, 7) is 6.23. The lowest BCUT2D eigenvalue weighted by molar-refractivity contribution is -0.385. The van der Waals surface area contributed by atoms with Crippen molar-refractivity contribution in [2.75, 3.05) is 40.0 Å². The van der Waals surface area contributed by atoms with Gasteiger partial charge in [0.15, 0.2) is 5.96 Å². The number of nitrogens with zero attached hydrogens (tertiary/aromatic N) is 3. The van der Waals surface area contributed by atoms with Crippen molar-refractivity contribution in [2.45, 2.75) is 38.8 Å². The van der Waals surface area contributed by atoms with E-state index in [0.29, 0.717) is 5.56 Å². The number of ether oxygens (including phenoxy) is 2. The third-order valence-corrected chi connectivity index (χ3v) is 4.51. The molecule has 8 nitrogen and oxygen atoms in total. The molecule has 1 saturated heterocycles. The maximum Gasteiger partial charge on any atom is 0.274 e. The van der Waals surface area contributed by atoms with Crippen LogP contribution >= 0.6 is 24.0 Å². The minimum absolute atomic E-state index is 0. The fourth-order valence-corrected chi connectivity index (χ4v) is 3.10. The Kier molecular flexibility index (Phi) is 12.0. The van der Waals surface area contributed by atoms with Gasteiger partial charge >= 0.3 is 0 Å². The Morgan fingerprint density at radius 2 is 2.04 bits per heavy atom. The molecule has 1 heterocycles. The predicted octanol–water partition coefficient (Wildman–Crippen LogP) is 3.20. The normalized spacial score (nSPS) is 15.2. The number of nitrogens with one attached hydrogen (secondary N) is 1. The van der Waals surface area contributed by atoms with Gasteiger partial charge in [0.25, 0.3) is 5.69 Å². The second kappa shape index (κ2) is 13.7. The first-order valence-corrected chi connectivity index (χ1v) is 9.51. The first-order valence-electron chi connectivity index (χ1n) is 9.51. The fraction of sp³-hybridized carbons (Fsp3) is 0.632. The molecule has 0 spiro atoms. The average Bonchev–Trinajstić information content (AvgIpc) is 2.69. The number of hydrogen-bond acceptors (Lipinski definition) is 5. The van der Waals surface area contributed by atoms with Gasteiger partial charge in [-0.25, -0.2) is 4.99 Å². The summed E-state index contributed by atoms with van der Waals surface area (Å²) in [6, 6.07) is 6.75. The zero-order valence-electron chi connectivity index (χ0n) is 16.6. The van der Waals surface area contributed by atoms with E-state index in [9.17, 15) is 10.1 Å². The van der Waals surface area contributed by atoms with Gasteiger partial charge in [-0.05, 0) is 26.2 Å². The van der Waals surface area contributed by atoms with E-state index < -0.39 is 0 Å². The zero-order valence-corrected chi connectivity index (χ0v) is 19.0. The molecule has 1 N–H and O–H groups in total. The second-order valence-corrected chi connectivity index (χ2v) is 6.46. The molecular weight excluding hydrogens is 475 g/mol. The van der Waals surface area contributed by atoms with Crippen molar-refractivity contribution in [1.82, 2.24) is 10.2 Å². The molecule has 0 atom stereocenters. The molecule has 0 unspecified atom stereocenters. The highest BCUT2D eigenvalue weighted by Crippen LogP contribution is 2.19. The monoisotopic (exact) mass is 506 g/mol. The summed E-state index contributed by atoms with van der Waals surface area (Å²) < 4.78 is 10.9. The number of benzene rings is 1. The summed E-state index contributed by atoms with van der Waals surface area (Å²) in [4.78, 5) is 17.6. The topological polar surface area (TPSA) is 89.2 Å². The molecule has 158 valence electrons. The Labute approximate surface area is 183 Å². The van der Waals surface area contributed by atoms with Crippen molar-refractivity contribution in [3.8, 4) is 0 Å². The Bertz CT molecular complexity index is 622. The second-order valence-electron chi connectivity index (χ2n) is 6.46. The maximum absolute atomic E-state index is 11.2. The summed E-state index contributed by atoms with van der Waals surface area (Å²) in [5.41, 5.74) is 0.731. The largest absolute Gasteiger partial charge is 0.385 e. The predicted molar refractivity (Wildman–Crippen MR) is 120 cm³/mol. The van der Waals surface area contributed by atoms with E-state index in [0.717, 1.165) is 58.1 Å². The summed E-state index contributed by atoms with van der Waals surface area (Å²) in [5.74, 6) is 0.800. The van der Waals surface area contributed by atoms with Crippen LogP contribution in [0.5, 0.6) is 0 Å². The van der Waals surface area contributed by atoms with E-state index >= 15 is 0 Å². The van der Waals surface area contributed by atoms with Crippen LogP contribution in [0.15, 0.2) is 29.3 Å². The molecule has 1 aliphatic heterocycles. The van der Waals surface area contributed by atoms with E-state index in [-0.39, 0.29) is 47.2 Å². The minimum atomic E-state index is -0.357. The molecule has 0 radical (unpaired) electrons. The number of hydrogen-bond donors (Lipinski definition) is 1. The molecule has 1 aliphatic rings. The highest BCUT2D eigenvalue weighted by atomic mass is 127. The summed E-state index contributed by atoms with van der Waals surface area (Å²) in [6.07, 6.45) is 3.08. The molecule has 0 aliphatic carbocycles. The minimum Gasteiger partial charge on any atom is -0.385 e.